The first-order chi connectivity index (χ1) is 9.24. The molecule has 0 heterocycles. The van der Waals surface area contributed by atoms with Gasteiger partial charge in [-0.15, -0.1) is 0 Å². The second kappa shape index (κ2) is 5.80. The molecule has 20 heavy (non-hydrogen) atoms. The van der Waals surface area contributed by atoms with Crippen molar-refractivity contribution in [3.63, 3.8) is 0 Å². The van der Waals surface area contributed by atoms with Gasteiger partial charge < -0.3 is 10.2 Å². The van der Waals surface area contributed by atoms with Crippen molar-refractivity contribution in [2.24, 2.45) is 11.3 Å². The van der Waals surface area contributed by atoms with Gasteiger partial charge in [-0.1, -0.05) is 32.9 Å². The van der Waals surface area contributed by atoms with E-state index in [9.17, 15) is 15.2 Å². The molecule has 0 saturated heterocycles. The Labute approximate surface area is 120 Å². The van der Waals surface area contributed by atoms with Gasteiger partial charge in [0, 0.05) is 5.57 Å². The van der Waals surface area contributed by atoms with Gasteiger partial charge in [0.05, 0.1) is 11.5 Å². The smallest absolute Gasteiger partial charge is 0.331 e. The molecular formula is C16H23NO3. The maximum absolute atomic E-state index is 11.1. The van der Waals surface area contributed by atoms with Gasteiger partial charge in [0.15, 0.2) is 0 Å². The second-order valence-corrected chi connectivity index (χ2v) is 5.83. The number of nitrogens with zero attached hydrogens (tertiary/aromatic N) is 1. The lowest BCUT2D eigenvalue weighted by atomic mass is 9.76. The lowest BCUT2D eigenvalue weighted by Gasteiger charge is -2.33. The van der Waals surface area contributed by atoms with E-state index in [1.165, 1.54) is 0 Å². The van der Waals surface area contributed by atoms with Crippen LogP contribution in [0.4, 0.5) is 0 Å². The molecule has 1 fully saturated rings. The normalized spacial score (nSPS) is 21.2. The molecule has 2 N–H and O–H groups in total. The monoisotopic (exact) mass is 277 g/mol. The minimum atomic E-state index is -1.21. The van der Waals surface area contributed by atoms with Gasteiger partial charge in [-0.25, -0.2) is 4.79 Å². The molecule has 1 aliphatic rings. The Morgan fingerprint density at radius 3 is 2.35 bits per heavy atom. The zero-order valence-corrected chi connectivity index (χ0v) is 12.6. The molecule has 0 aliphatic heterocycles. The van der Waals surface area contributed by atoms with Crippen molar-refractivity contribution in [1.82, 2.24) is 0 Å². The third-order valence-electron chi connectivity index (χ3n) is 4.29. The summed E-state index contributed by atoms with van der Waals surface area (Å²) < 4.78 is 0. The minimum Gasteiger partial charge on any atom is -0.478 e. The lowest BCUT2D eigenvalue weighted by molar-refractivity contribution is -0.132. The van der Waals surface area contributed by atoms with E-state index in [-0.39, 0.29) is 5.92 Å². The van der Waals surface area contributed by atoms with Crippen molar-refractivity contribution >= 4 is 5.97 Å². The Balaban J connectivity index is 3.13. The zero-order chi connectivity index (χ0) is 15.6. The Bertz CT molecular complexity index is 492. The predicted octanol–water partition coefficient (Wildman–Crippen LogP) is 3.04. The van der Waals surface area contributed by atoms with Crippen molar-refractivity contribution in [3.05, 3.63) is 23.3 Å². The van der Waals surface area contributed by atoms with Gasteiger partial charge in [-0.3, -0.25) is 0 Å². The molecule has 0 spiro atoms. The van der Waals surface area contributed by atoms with E-state index in [1.807, 2.05) is 13.8 Å². The van der Waals surface area contributed by atoms with Crippen LogP contribution in [0.25, 0.3) is 0 Å². The third-order valence-corrected chi connectivity index (χ3v) is 4.29. The molecular weight excluding hydrogens is 254 g/mol. The molecule has 1 rings (SSSR count). The first kappa shape index (κ1) is 16.5. The van der Waals surface area contributed by atoms with Crippen LogP contribution in [0.1, 0.15) is 47.0 Å². The van der Waals surface area contributed by atoms with Crippen LogP contribution in [0.3, 0.4) is 0 Å². The van der Waals surface area contributed by atoms with Crippen LogP contribution in [0, 0.1) is 22.7 Å². The molecule has 0 amide bonds. The standard InChI is InChI=1S/C16H23NO3/c1-5-13(14(18)19)12(4)6-7-16(20,11(2)3)15(10-17)8-9-15/h6-7,11,20H,5,8-9H2,1-4H3,(H,18,19). The van der Waals surface area contributed by atoms with Gasteiger partial charge in [-0.05, 0) is 37.7 Å². The molecule has 1 atom stereocenters. The molecule has 4 heteroatoms. The SMILES string of the molecule is CCC(C(=O)O)=C(C)C=CC(O)(C(C)C)C1(C#N)CC1. The maximum atomic E-state index is 11.1. The quantitative estimate of drug-likeness (QED) is 0.577. The minimum absolute atomic E-state index is 0.108. The average Bonchev–Trinajstić information content (AvgIpc) is 3.17. The van der Waals surface area contributed by atoms with Gasteiger partial charge in [0.1, 0.15) is 5.60 Å². The fourth-order valence-electron chi connectivity index (χ4n) is 2.58. The van der Waals surface area contributed by atoms with Crippen LogP contribution >= 0.6 is 0 Å². The van der Waals surface area contributed by atoms with Crippen LogP contribution in [0.5, 0.6) is 0 Å². The number of rotatable bonds is 6. The lowest BCUT2D eigenvalue weighted by Crippen LogP contribution is -2.42. The molecule has 0 radical (unpaired) electrons. The molecule has 1 saturated carbocycles. The number of aliphatic hydroxyl groups is 1. The van der Waals surface area contributed by atoms with Gasteiger partial charge in [0.25, 0.3) is 0 Å². The summed E-state index contributed by atoms with van der Waals surface area (Å²) in [5.74, 6) is -1.05. The van der Waals surface area contributed by atoms with Crippen LogP contribution < -0.4 is 0 Å². The number of carboxylic acids is 1. The highest BCUT2D eigenvalue weighted by atomic mass is 16.4. The van der Waals surface area contributed by atoms with E-state index in [0.29, 0.717) is 30.4 Å². The first-order valence-electron chi connectivity index (χ1n) is 7.00. The van der Waals surface area contributed by atoms with Crippen LogP contribution in [-0.4, -0.2) is 21.8 Å². The summed E-state index contributed by atoms with van der Waals surface area (Å²) >= 11 is 0. The number of hydrogen-bond acceptors (Lipinski definition) is 3. The van der Waals surface area contributed by atoms with E-state index < -0.39 is 17.0 Å². The van der Waals surface area contributed by atoms with E-state index >= 15 is 0 Å². The topological polar surface area (TPSA) is 81.3 Å². The van der Waals surface area contributed by atoms with Crippen LogP contribution in [-0.2, 0) is 4.79 Å². The summed E-state index contributed by atoms with van der Waals surface area (Å²) in [6.07, 6.45) is 5.05. The predicted molar refractivity (Wildman–Crippen MR) is 76.8 cm³/mol. The summed E-state index contributed by atoms with van der Waals surface area (Å²) in [6.45, 7) is 7.25. The Kier molecular flexibility index (Phi) is 4.77. The number of hydrogen-bond donors (Lipinski definition) is 2. The number of nitriles is 1. The molecule has 0 aromatic carbocycles. The van der Waals surface area contributed by atoms with Crippen molar-refractivity contribution in [2.45, 2.75) is 52.6 Å². The first-order valence-corrected chi connectivity index (χ1v) is 7.00. The third kappa shape index (κ3) is 2.78. The molecule has 0 aromatic heterocycles. The summed E-state index contributed by atoms with van der Waals surface area (Å²) in [6, 6.07) is 2.23. The summed E-state index contributed by atoms with van der Waals surface area (Å²) in [5.41, 5.74) is -0.976. The van der Waals surface area contributed by atoms with Crippen molar-refractivity contribution in [1.29, 1.82) is 5.26 Å². The molecule has 4 nitrogen and oxygen atoms in total. The molecule has 1 unspecified atom stereocenters. The summed E-state index contributed by atoms with van der Waals surface area (Å²) in [7, 11) is 0. The molecule has 110 valence electrons. The number of carbonyl (C=O) groups is 1. The zero-order valence-electron chi connectivity index (χ0n) is 12.6. The van der Waals surface area contributed by atoms with Gasteiger partial charge in [0.2, 0.25) is 0 Å². The summed E-state index contributed by atoms with van der Waals surface area (Å²) in [5, 5.41) is 29.2. The maximum Gasteiger partial charge on any atom is 0.331 e. The fraction of sp³-hybridized carbons (Fsp3) is 0.625. The Hall–Kier alpha value is -1.60. The fourth-order valence-corrected chi connectivity index (χ4v) is 2.58. The molecule has 1 aliphatic carbocycles. The largest absolute Gasteiger partial charge is 0.478 e. The van der Waals surface area contributed by atoms with E-state index in [4.69, 9.17) is 5.11 Å². The second-order valence-electron chi connectivity index (χ2n) is 5.83. The van der Waals surface area contributed by atoms with Crippen molar-refractivity contribution in [3.8, 4) is 6.07 Å². The van der Waals surface area contributed by atoms with E-state index in [1.54, 1.807) is 26.0 Å². The van der Waals surface area contributed by atoms with Crippen LogP contribution in [0.15, 0.2) is 23.3 Å². The van der Waals surface area contributed by atoms with Crippen molar-refractivity contribution < 1.29 is 15.0 Å². The molecule has 0 bridgehead atoms. The number of aliphatic carboxylic acids is 1. The highest BCUT2D eigenvalue weighted by Crippen LogP contribution is 2.56. The molecule has 0 aromatic rings. The number of allylic oxidation sites excluding steroid dienone is 2. The van der Waals surface area contributed by atoms with Gasteiger partial charge >= 0.3 is 5.97 Å². The highest BCUT2D eigenvalue weighted by molar-refractivity contribution is 5.87. The van der Waals surface area contributed by atoms with Crippen molar-refractivity contribution in [2.75, 3.05) is 0 Å². The average molecular weight is 277 g/mol. The van der Waals surface area contributed by atoms with E-state index in [0.717, 1.165) is 0 Å². The van der Waals surface area contributed by atoms with E-state index in [2.05, 4.69) is 6.07 Å². The van der Waals surface area contributed by atoms with Crippen LogP contribution in [0.2, 0.25) is 0 Å². The number of carboxylic acid groups (broad SMARTS) is 1. The highest BCUT2D eigenvalue weighted by Gasteiger charge is 2.59. The Morgan fingerprint density at radius 2 is 2.05 bits per heavy atom. The summed E-state index contributed by atoms with van der Waals surface area (Å²) in [4.78, 5) is 11.1. The Morgan fingerprint density at radius 1 is 1.50 bits per heavy atom. The van der Waals surface area contributed by atoms with Gasteiger partial charge in [-0.2, -0.15) is 5.26 Å².